The average Bonchev–Trinajstić information content (AvgIpc) is 2.62. The molecule has 8 heteroatoms. The lowest BCUT2D eigenvalue weighted by Crippen LogP contribution is -2.38. The minimum absolute atomic E-state index is 0.0429. The minimum Gasteiger partial charge on any atom is -0.478 e. The van der Waals surface area contributed by atoms with Gasteiger partial charge in [-0.05, 0) is 24.6 Å². The van der Waals surface area contributed by atoms with Gasteiger partial charge in [0, 0.05) is 32.3 Å². The van der Waals surface area contributed by atoms with E-state index in [9.17, 15) is 14.7 Å². The van der Waals surface area contributed by atoms with Gasteiger partial charge in [0.25, 0.3) is 0 Å². The standard InChI is InChI=1S/C17H20N2O6/c1-9-11(15(20)21)12(10-5-7-18-8-6-10)13(16(22)23-2)14(19-9)17(24-3)25-4/h5-8,12,17,19H,1-4H3,(H,20,21). The zero-order chi connectivity index (χ0) is 18.6. The van der Waals surface area contributed by atoms with Crippen molar-refractivity contribution in [2.45, 2.75) is 19.1 Å². The second-order valence-corrected chi connectivity index (χ2v) is 5.30. The number of carbonyl (C=O) groups is 2. The highest BCUT2D eigenvalue weighted by Crippen LogP contribution is 2.39. The van der Waals surface area contributed by atoms with E-state index in [2.05, 4.69) is 10.3 Å². The molecule has 8 nitrogen and oxygen atoms in total. The van der Waals surface area contributed by atoms with Crippen LogP contribution in [0.4, 0.5) is 0 Å². The summed E-state index contributed by atoms with van der Waals surface area (Å²) in [6.45, 7) is 1.62. The number of aromatic nitrogens is 1. The number of carboxylic acids is 1. The Kier molecular flexibility index (Phi) is 5.89. The van der Waals surface area contributed by atoms with Crippen LogP contribution < -0.4 is 5.32 Å². The third kappa shape index (κ3) is 3.54. The SMILES string of the molecule is COC(=O)C1=C(C(OC)OC)NC(C)=C(C(=O)O)C1c1ccncc1. The van der Waals surface area contributed by atoms with Gasteiger partial charge in [-0.15, -0.1) is 0 Å². The van der Waals surface area contributed by atoms with Gasteiger partial charge in [0.2, 0.25) is 0 Å². The zero-order valence-corrected chi connectivity index (χ0v) is 14.4. The van der Waals surface area contributed by atoms with E-state index in [0.717, 1.165) is 0 Å². The third-order valence-electron chi connectivity index (χ3n) is 3.93. The number of rotatable bonds is 6. The summed E-state index contributed by atoms with van der Waals surface area (Å²) in [6, 6.07) is 3.31. The van der Waals surface area contributed by atoms with Gasteiger partial charge < -0.3 is 24.6 Å². The van der Waals surface area contributed by atoms with E-state index in [1.807, 2.05) is 0 Å². The predicted molar refractivity (Wildman–Crippen MR) is 87.3 cm³/mol. The molecule has 0 aromatic carbocycles. The number of aliphatic carboxylic acids is 1. The fraction of sp³-hybridized carbons (Fsp3) is 0.353. The van der Waals surface area contributed by atoms with Gasteiger partial charge in [0.05, 0.1) is 29.9 Å². The van der Waals surface area contributed by atoms with Gasteiger partial charge >= 0.3 is 11.9 Å². The van der Waals surface area contributed by atoms with E-state index >= 15 is 0 Å². The Bertz CT molecular complexity index is 722. The molecule has 134 valence electrons. The summed E-state index contributed by atoms with van der Waals surface area (Å²) in [5.74, 6) is -2.66. The van der Waals surface area contributed by atoms with Crippen molar-refractivity contribution in [2.75, 3.05) is 21.3 Å². The number of nitrogens with zero attached hydrogens (tertiary/aromatic N) is 1. The Labute approximate surface area is 145 Å². The molecule has 0 amide bonds. The molecule has 1 unspecified atom stereocenters. The lowest BCUT2D eigenvalue weighted by Gasteiger charge is -2.32. The van der Waals surface area contributed by atoms with Crippen molar-refractivity contribution < 1.29 is 28.9 Å². The number of dihydropyridines is 1. The van der Waals surface area contributed by atoms with Crippen LogP contribution in [0, 0.1) is 0 Å². The number of nitrogens with one attached hydrogen (secondary N) is 1. The molecule has 2 N–H and O–H groups in total. The van der Waals surface area contributed by atoms with E-state index in [1.165, 1.54) is 33.7 Å². The van der Waals surface area contributed by atoms with Crippen LogP contribution in [-0.4, -0.2) is 49.6 Å². The highest BCUT2D eigenvalue weighted by molar-refractivity contribution is 5.99. The summed E-state index contributed by atoms with van der Waals surface area (Å²) in [7, 11) is 4.08. The molecular formula is C17H20N2O6. The Morgan fingerprint density at radius 2 is 1.76 bits per heavy atom. The van der Waals surface area contributed by atoms with Crippen LogP contribution in [0.2, 0.25) is 0 Å². The molecule has 0 radical (unpaired) electrons. The van der Waals surface area contributed by atoms with Crippen LogP contribution in [0.5, 0.6) is 0 Å². The first kappa shape index (κ1) is 18.6. The lowest BCUT2D eigenvalue weighted by molar-refractivity contribution is -0.137. The van der Waals surface area contributed by atoms with Gasteiger partial charge in [0.15, 0.2) is 6.29 Å². The van der Waals surface area contributed by atoms with Crippen molar-refractivity contribution >= 4 is 11.9 Å². The molecule has 2 rings (SSSR count). The largest absolute Gasteiger partial charge is 0.478 e. The maximum atomic E-state index is 12.5. The first-order chi connectivity index (χ1) is 12.0. The molecule has 2 heterocycles. The Hall–Kier alpha value is -2.71. The van der Waals surface area contributed by atoms with E-state index in [0.29, 0.717) is 17.0 Å². The van der Waals surface area contributed by atoms with Crippen LogP contribution in [0.3, 0.4) is 0 Å². The number of methoxy groups -OCH3 is 3. The number of hydrogen-bond acceptors (Lipinski definition) is 7. The third-order valence-corrected chi connectivity index (χ3v) is 3.93. The lowest BCUT2D eigenvalue weighted by atomic mass is 9.80. The van der Waals surface area contributed by atoms with Crippen LogP contribution >= 0.6 is 0 Å². The molecule has 0 saturated heterocycles. The molecule has 1 aliphatic heterocycles. The monoisotopic (exact) mass is 348 g/mol. The van der Waals surface area contributed by atoms with Crippen molar-refractivity contribution in [1.82, 2.24) is 10.3 Å². The first-order valence-corrected chi connectivity index (χ1v) is 7.45. The molecule has 0 saturated carbocycles. The molecule has 0 bridgehead atoms. The predicted octanol–water partition coefficient (Wildman–Crippen LogP) is 1.17. The van der Waals surface area contributed by atoms with E-state index in [-0.39, 0.29) is 11.1 Å². The zero-order valence-electron chi connectivity index (χ0n) is 14.4. The van der Waals surface area contributed by atoms with Gasteiger partial charge in [0.1, 0.15) is 0 Å². The Morgan fingerprint density at radius 1 is 1.16 bits per heavy atom. The molecule has 0 aliphatic carbocycles. The molecule has 1 aromatic rings. The normalized spacial score (nSPS) is 17.6. The summed E-state index contributed by atoms with van der Waals surface area (Å²) in [6.07, 6.45) is 2.18. The highest BCUT2D eigenvalue weighted by atomic mass is 16.7. The molecular weight excluding hydrogens is 328 g/mol. The van der Waals surface area contributed by atoms with Crippen molar-refractivity contribution in [2.24, 2.45) is 0 Å². The van der Waals surface area contributed by atoms with Gasteiger partial charge in [-0.1, -0.05) is 0 Å². The average molecular weight is 348 g/mol. The fourth-order valence-electron chi connectivity index (χ4n) is 2.88. The summed E-state index contributed by atoms with van der Waals surface area (Å²) >= 11 is 0. The van der Waals surface area contributed by atoms with Crippen molar-refractivity contribution in [3.8, 4) is 0 Å². The van der Waals surface area contributed by atoms with E-state index in [1.54, 1.807) is 19.1 Å². The number of esters is 1. The number of allylic oxidation sites excluding steroid dienone is 1. The number of pyridine rings is 1. The number of hydrogen-bond donors (Lipinski definition) is 2. The quantitative estimate of drug-likeness (QED) is 0.583. The molecule has 1 aliphatic rings. The maximum absolute atomic E-state index is 12.5. The maximum Gasteiger partial charge on any atom is 0.336 e. The van der Waals surface area contributed by atoms with E-state index in [4.69, 9.17) is 14.2 Å². The summed E-state index contributed by atoms with van der Waals surface area (Å²) < 4.78 is 15.4. The highest BCUT2D eigenvalue weighted by Gasteiger charge is 2.40. The second kappa shape index (κ2) is 7.91. The van der Waals surface area contributed by atoms with Crippen LogP contribution in [0.15, 0.2) is 47.1 Å². The summed E-state index contributed by atoms with van der Waals surface area (Å²) in [4.78, 5) is 28.3. The topological polar surface area (TPSA) is 107 Å². The molecule has 1 atom stereocenters. The fourth-order valence-corrected chi connectivity index (χ4v) is 2.88. The number of ether oxygens (including phenoxy) is 3. The molecule has 0 fully saturated rings. The van der Waals surface area contributed by atoms with Crippen LogP contribution in [0.25, 0.3) is 0 Å². The first-order valence-electron chi connectivity index (χ1n) is 7.45. The van der Waals surface area contributed by atoms with Crippen LogP contribution in [0.1, 0.15) is 18.4 Å². The smallest absolute Gasteiger partial charge is 0.336 e. The van der Waals surface area contributed by atoms with Gasteiger partial charge in [-0.25, -0.2) is 9.59 Å². The number of carbonyl (C=O) groups excluding carboxylic acids is 1. The van der Waals surface area contributed by atoms with Crippen molar-refractivity contribution in [3.63, 3.8) is 0 Å². The molecule has 25 heavy (non-hydrogen) atoms. The Balaban J connectivity index is 2.76. The second-order valence-electron chi connectivity index (χ2n) is 5.30. The van der Waals surface area contributed by atoms with Gasteiger partial charge in [-0.3, -0.25) is 4.98 Å². The summed E-state index contributed by atoms with van der Waals surface area (Å²) in [5.41, 5.74) is 1.45. The van der Waals surface area contributed by atoms with Crippen LogP contribution in [-0.2, 0) is 23.8 Å². The van der Waals surface area contributed by atoms with Gasteiger partial charge in [-0.2, -0.15) is 0 Å². The number of carboxylic acid groups (broad SMARTS) is 1. The minimum atomic E-state index is -1.14. The summed E-state index contributed by atoms with van der Waals surface area (Å²) in [5, 5.41) is 12.6. The van der Waals surface area contributed by atoms with Crippen molar-refractivity contribution in [3.05, 3.63) is 52.6 Å². The van der Waals surface area contributed by atoms with E-state index < -0.39 is 24.1 Å². The molecule has 1 aromatic heterocycles. The molecule has 0 spiro atoms. The Morgan fingerprint density at radius 3 is 2.24 bits per heavy atom. The van der Waals surface area contributed by atoms with Crippen molar-refractivity contribution in [1.29, 1.82) is 0 Å².